The van der Waals surface area contributed by atoms with Crippen LogP contribution in [0, 0.1) is 0 Å². The van der Waals surface area contributed by atoms with E-state index in [4.69, 9.17) is 16.3 Å². The summed E-state index contributed by atoms with van der Waals surface area (Å²) in [7, 11) is 0. The fourth-order valence-electron chi connectivity index (χ4n) is 2.73. The SMILES string of the molecule is O=C(Cc1ccc(Cl)cc1)NNC(=O)c1ccccc1OCCc1ccccc1. The molecule has 0 saturated carbocycles. The Kier molecular flexibility index (Phi) is 7.25. The Morgan fingerprint density at radius 3 is 2.24 bits per heavy atom. The van der Waals surface area contributed by atoms with E-state index in [1.54, 1.807) is 48.5 Å². The number of rotatable bonds is 7. The second kappa shape index (κ2) is 10.3. The number of hydrogen-bond acceptors (Lipinski definition) is 3. The number of hydrazine groups is 1. The van der Waals surface area contributed by atoms with E-state index in [-0.39, 0.29) is 12.3 Å². The maximum Gasteiger partial charge on any atom is 0.273 e. The van der Waals surface area contributed by atoms with Crippen LogP contribution in [0.1, 0.15) is 21.5 Å². The fourth-order valence-corrected chi connectivity index (χ4v) is 2.86. The van der Waals surface area contributed by atoms with Crippen LogP contribution in [-0.4, -0.2) is 18.4 Å². The lowest BCUT2D eigenvalue weighted by molar-refractivity contribution is -0.121. The van der Waals surface area contributed by atoms with Crippen LogP contribution in [0.4, 0.5) is 0 Å². The molecule has 0 spiro atoms. The van der Waals surface area contributed by atoms with Gasteiger partial charge in [0.1, 0.15) is 5.75 Å². The summed E-state index contributed by atoms with van der Waals surface area (Å²) in [6.45, 7) is 0.442. The molecule has 5 nitrogen and oxygen atoms in total. The van der Waals surface area contributed by atoms with Crippen molar-refractivity contribution in [1.82, 2.24) is 10.9 Å². The summed E-state index contributed by atoms with van der Waals surface area (Å²) in [6.07, 6.45) is 0.862. The summed E-state index contributed by atoms with van der Waals surface area (Å²) in [4.78, 5) is 24.5. The normalized spacial score (nSPS) is 10.2. The molecule has 0 radical (unpaired) electrons. The molecule has 0 bridgehead atoms. The molecule has 3 aromatic rings. The lowest BCUT2D eigenvalue weighted by atomic mass is 10.1. The van der Waals surface area contributed by atoms with Crippen LogP contribution in [0.25, 0.3) is 0 Å². The smallest absolute Gasteiger partial charge is 0.273 e. The van der Waals surface area contributed by atoms with E-state index in [2.05, 4.69) is 10.9 Å². The average molecular weight is 409 g/mol. The topological polar surface area (TPSA) is 67.4 Å². The van der Waals surface area contributed by atoms with E-state index >= 15 is 0 Å². The van der Waals surface area contributed by atoms with E-state index in [0.717, 1.165) is 17.5 Å². The molecule has 0 saturated heterocycles. The van der Waals surface area contributed by atoms with Crippen LogP contribution < -0.4 is 15.6 Å². The molecule has 0 unspecified atom stereocenters. The average Bonchev–Trinajstić information content (AvgIpc) is 2.75. The molecule has 0 aromatic heterocycles. The third kappa shape index (κ3) is 6.36. The quantitative estimate of drug-likeness (QED) is 0.581. The van der Waals surface area contributed by atoms with Gasteiger partial charge in [-0.3, -0.25) is 20.4 Å². The number of halogens is 1. The highest BCUT2D eigenvalue weighted by Crippen LogP contribution is 2.18. The molecular formula is C23H21ClN2O3. The molecule has 3 aromatic carbocycles. The van der Waals surface area contributed by atoms with Crippen molar-refractivity contribution in [3.63, 3.8) is 0 Å². The Balaban J connectivity index is 1.52. The molecule has 3 rings (SSSR count). The van der Waals surface area contributed by atoms with Gasteiger partial charge in [-0.15, -0.1) is 0 Å². The lowest BCUT2D eigenvalue weighted by Gasteiger charge is -2.12. The van der Waals surface area contributed by atoms with Gasteiger partial charge in [-0.25, -0.2) is 0 Å². The number of ether oxygens (including phenoxy) is 1. The van der Waals surface area contributed by atoms with Gasteiger partial charge in [-0.2, -0.15) is 0 Å². The number of hydrogen-bond donors (Lipinski definition) is 2. The number of carbonyl (C=O) groups is 2. The molecule has 0 fully saturated rings. The number of para-hydroxylation sites is 1. The zero-order valence-electron chi connectivity index (χ0n) is 15.7. The van der Waals surface area contributed by atoms with Crippen LogP contribution in [0.5, 0.6) is 5.75 Å². The maximum absolute atomic E-state index is 12.5. The zero-order valence-corrected chi connectivity index (χ0v) is 16.5. The number of nitrogens with one attached hydrogen (secondary N) is 2. The highest BCUT2D eigenvalue weighted by atomic mass is 35.5. The number of carbonyl (C=O) groups excluding carboxylic acids is 2. The van der Waals surface area contributed by atoms with Crippen molar-refractivity contribution >= 4 is 23.4 Å². The molecule has 0 atom stereocenters. The first-order valence-corrected chi connectivity index (χ1v) is 9.59. The Morgan fingerprint density at radius 2 is 1.48 bits per heavy atom. The zero-order chi connectivity index (χ0) is 20.5. The first kappa shape index (κ1) is 20.4. The monoisotopic (exact) mass is 408 g/mol. The Bertz CT molecular complexity index is 959. The van der Waals surface area contributed by atoms with Crippen molar-refractivity contribution in [2.24, 2.45) is 0 Å². The molecule has 148 valence electrons. The van der Waals surface area contributed by atoms with Crippen molar-refractivity contribution in [2.45, 2.75) is 12.8 Å². The van der Waals surface area contributed by atoms with Gasteiger partial charge in [0.05, 0.1) is 18.6 Å². The van der Waals surface area contributed by atoms with Crippen molar-refractivity contribution in [3.05, 3.63) is 101 Å². The molecular weight excluding hydrogens is 388 g/mol. The van der Waals surface area contributed by atoms with Crippen LogP contribution in [0.3, 0.4) is 0 Å². The largest absolute Gasteiger partial charge is 0.492 e. The summed E-state index contributed by atoms with van der Waals surface area (Å²) < 4.78 is 5.79. The van der Waals surface area contributed by atoms with Crippen molar-refractivity contribution < 1.29 is 14.3 Å². The third-order valence-electron chi connectivity index (χ3n) is 4.22. The summed E-state index contributed by atoms with van der Waals surface area (Å²) >= 11 is 5.84. The van der Waals surface area contributed by atoms with Crippen LogP contribution in [-0.2, 0) is 17.6 Å². The summed E-state index contributed by atoms with van der Waals surface area (Å²) in [5.74, 6) is -0.305. The van der Waals surface area contributed by atoms with Crippen LogP contribution in [0.15, 0.2) is 78.9 Å². The summed E-state index contributed by atoms with van der Waals surface area (Å²) in [5.41, 5.74) is 7.17. The minimum atomic E-state index is -0.440. The third-order valence-corrected chi connectivity index (χ3v) is 4.47. The van der Waals surface area contributed by atoms with Gasteiger partial charge in [-0.05, 0) is 35.4 Å². The van der Waals surface area contributed by atoms with Crippen molar-refractivity contribution in [1.29, 1.82) is 0 Å². The molecule has 6 heteroatoms. The van der Waals surface area contributed by atoms with E-state index in [1.807, 2.05) is 30.3 Å². The van der Waals surface area contributed by atoms with Gasteiger partial charge >= 0.3 is 0 Å². The van der Waals surface area contributed by atoms with E-state index < -0.39 is 5.91 Å². The Morgan fingerprint density at radius 1 is 0.793 bits per heavy atom. The first-order chi connectivity index (χ1) is 14.1. The van der Waals surface area contributed by atoms with E-state index in [1.165, 1.54) is 0 Å². The first-order valence-electron chi connectivity index (χ1n) is 9.21. The van der Waals surface area contributed by atoms with Crippen molar-refractivity contribution in [3.8, 4) is 5.75 Å². The minimum absolute atomic E-state index is 0.132. The second-order valence-electron chi connectivity index (χ2n) is 6.39. The predicted octanol–water partition coefficient (Wildman–Crippen LogP) is 3.97. The van der Waals surface area contributed by atoms with Gasteiger partial charge in [0.25, 0.3) is 5.91 Å². The fraction of sp³-hybridized carbons (Fsp3) is 0.130. The van der Waals surface area contributed by atoms with Gasteiger partial charge in [0.15, 0.2) is 0 Å². The molecule has 2 amide bonds. The maximum atomic E-state index is 12.5. The molecule has 0 aliphatic rings. The van der Waals surface area contributed by atoms with Gasteiger partial charge in [0.2, 0.25) is 5.91 Å². The van der Waals surface area contributed by atoms with Gasteiger partial charge < -0.3 is 4.74 Å². The second-order valence-corrected chi connectivity index (χ2v) is 6.82. The Labute approximate surface area is 174 Å². The Hall–Kier alpha value is -3.31. The lowest BCUT2D eigenvalue weighted by Crippen LogP contribution is -2.42. The predicted molar refractivity (Wildman–Crippen MR) is 113 cm³/mol. The molecule has 0 aliphatic carbocycles. The molecule has 29 heavy (non-hydrogen) atoms. The number of benzene rings is 3. The summed E-state index contributed by atoms with van der Waals surface area (Å²) in [6, 6.07) is 23.8. The highest BCUT2D eigenvalue weighted by Gasteiger charge is 2.13. The van der Waals surface area contributed by atoms with Crippen molar-refractivity contribution in [2.75, 3.05) is 6.61 Å². The standard InChI is InChI=1S/C23H21ClN2O3/c24-19-12-10-18(11-13-19)16-22(27)25-26-23(28)20-8-4-5-9-21(20)29-15-14-17-6-2-1-3-7-17/h1-13H,14-16H2,(H,25,27)(H,26,28). The highest BCUT2D eigenvalue weighted by molar-refractivity contribution is 6.30. The molecule has 0 heterocycles. The van der Waals surface area contributed by atoms with E-state index in [9.17, 15) is 9.59 Å². The van der Waals surface area contributed by atoms with Crippen LogP contribution >= 0.6 is 11.6 Å². The van der Waals surface area contributed by atoms with Gasteiger partial charge in [-0.1, -0.05) is 66.2 Å². The minimum Gasteiger partial charge on any atom is -0.492 e. The summed E-state index contributed by atoms with van der Waals surface area (Å²) in [5, 5.41) is 0.603. The molecule has 0 aliphatic heterocycles. The number of amides is 2. The van der Waals surface area contributed by atoms with E-state index in [0.29, 0.717) is 22.9 Å². The molecule has 2 N–H and O–H groups in total. The van der Waals surface area contributed by atoms with Gasteiger partial charge in [0, 0.05) is 11.4 Å². The van der Waals surface area contributed by atoms with Crippen LogP contribution in [0.2, 0.25) is 5.02 Å².